The molecule has 0 aliphatic carbocycles. The SMILES string of the molecule is CC(C)OC(=O)c1cccnc1N(C)[C@@H]1CCN(Cc2cccc(Oc3cc(Cl)cc(Cl)c3)c2)C1. The minimum absolute atomic E-state index is 0.182. The second-order valence-electron chi connectivity index (χ2n) is 8.97. The molecule has 1 fully saturated rings. The molecule has 1 aliphatic heterocycles. The van der Waals surface area contributed by atoms with Crippen LogP contribution in [0.4, 0.5) is 5.82 Å². The van der Waals surface area contributed by atoms with Crippen molar-refractivity contribution < 1.29 is 14.3 Å². The first-order chi connectivity index (χ1) is 16.8. The van der Waals surface area contributed by atoms with Crippen LogP contribution in [-0.4, -0.2) is 48.1 Å². The minimum atomic E-state index is -0.345. The molecule has 0 unspecified atom stereocenters. The highest BCUT2D eigenvalue weighted by Gasteiger charge is 2.29. The largest absolute Gasteiger partial charge is 0.459 e. The van der Waals surface area contributed by atoms with Crippen LogP contribution in [0.3, 0.4) is 0 Å². The number of likely N-dealkylation sites (N-methyl/N-ethyl adjacent to an activating group) is 1. The molecule has 6 nitrogen and oxygen atoms in total. The first-order valence-electron chi connectivity index (χ1n) is 11.6. The maximum absolute atomic E-state index is 12.6. The van der Waals surface area contributed by atoms with Gasteiger partial charge in [0.1, 0.15) is 22.9 Å². The van der Waals surface area contributed by atoms with Crippen LogP contribution >= 0.6 is 23.2 Å². The van der Waals surface area contributed by atoms with E-state index in [-0.39, 0.29) is 18.1 Å². The first-order valence-corrected chi connectivity index (χ1v) is 12.4. The van der Waals surface area contributed by atoms with Crippen LogP contribution in [0.1, 0.15) is 36.2 Å². The predicted octanol–water partition coefficient (Wildman–Crippen LogP) is 6.46. The van der Waals surface area contributed by atoms with E-state index < -0.39 is 0 Å². The maximum atomic E-state index is 12.6. The van der Waals surface area contributed by atoms with Crippen LogP contribution in [0.25, 0.3) is 0 Å². The number of esters is 1. The molecule has 0 amide bonds. The van der Waals surface area contributed by atoms with Crippen molar-refractivity contribution in [3.8, 4) is 11.5 Å². The zero-order valence-corrected chi connectivity index (χ0v) is 21.6. The molecule has 1 atom stereocenters. The summed E-state index contributed by atoms with van der Waals surface area (Å²) < 4.78 is 11.4. The lowest BCUT2D eigenvalue weighted by atomic mass is 10.2. The van der Waals surface area contributed by atoms with Crippen LogP contribution in [0.5, 0.6) is 11.5 Å². The van der Waals surface area contributed by atoms with Crippen LogP contribution in [0.2, 0.25) is 10.0 Å². The lowest BCUT2D eigenvalue weighted by Crippen LogP contribution is -2.36. The third-order valence-corrected chi connectivity index (χ3v) is 6.29. The lowest BCUT2D eigenvalue weighted by molar-refractivity contribution is 0.0378. The average molecular weight is 514 g/mol. The van der Waals surface area contributed by atoms with Crippen molar-refractivity contribution in [2.45, 2.75) is 39.0 Å². The Bertz CT molecular complexity index is 1170. The van der Waals surface area contributed by atoms with Crippen molar-refractivity contribution in [3.05, 3.63) is 82.0 Å². The molecule has 0 N–H and O–H groups in total. The summed E-state index contributed by atoms with van der Waals surface area (Å²) >= 11 is 12.2. The van der Waals surface area contributed by atoms with Gasteiger partial charge in [-0.25, -0.2) is 9.78 Å². The fourth-order valence-electron chi connectivity index (χ4n) is 4.25. The minimum Gasteiger partial charge on any atom is -0.459 e. The topological polar surface area (TPSA) is 54.9 Å². The zero-order chi connectivity index (χ0) is 24.9. The molecule has 2 aromatic carbocycles. The van der Waals surface area contributed by atoms with Gasteiger partial charge in [0, 0.05) is 49.0 Å². The highest BCUT2D eigenvalue weighted by molar-refractivity contribution is 6.34. The number of halogens is 2. The Labute approximate surface area is 216 Å². The molecule has 1 saturated heterocycles. The van der Waals surface area contributed by atoms with Gasteiger partial charge < -0.3 is 14.4 Å². The quantitative estimate of drug-likeness (QED) is 0.322. The second kappa shape index (κ2) is 11.3. The molecule has 0 radical (unpaired) electrons. The third kappa shape index (κ3) is 6.66. The monoisotopic (exact) mass is 513 g/mol. The summed E-state index contributed by atoms with van der Waals surface area (Å²) in [5.41, 5.74) is 1.64. The number of ether oxygens (including phenoxy) is 2. The first kappa shape index (κ1) is 25.3. The van der Waals surface area contributed by atoms with E-state index in [9.17, 15) is 4.79 Å². The molecule has 184 valence electrons. The molecule has 1 aliphatic rings. The summed E-state index contributed by atoms with van der Waals surface area (Å²) in [6.45, 7) is 6.29. The van der Waals surface area contributed by atoms with Crippen LogP contribution < -0.4 is 9.64 Å². The van der Waals surface area contributed by atoms with E-state index in [2.05, 4.69) is 20.9 Å². The van der Waals surface area contributed by atoms with Crippen molar-refractivity contribution in [1.82, 2.24) is 9.88 Å². The fraction of sp³-hybridized carbons (Fsp3) is 0.333. The number of hydrogen-bond acceptors (Lipinski definition) is 6. The Morgan fingerprint density at radius 1 is 1.11 bits per heavy atom. The Hall–Kier alpha value is -2.80. The Morgan fingerprint density at radius 3 is 2.63 bits per heavy atom. The van der Waals surface area contributed by atoms with Crippen molar-refractivity contribution in [2.24, 2.45) is 0 Å². The Balaban J connectivity index is 1.40. The summed E-state index contributed by atoms with van der Waals surface area (Å²) in [6, 6.07) is 17.0. The molecule has 3 aromatic rings. The number of likely N-dealkylation sites (tertiary alicyclic amines) is 1. The highest BCUT2D eigenvalue weighted by atomic mass is 35.5. The number of hydrogen-bond donors (Lipinski definition) is 0. The predicted molar refractivity (Wildman–Crippen MR) is 140 cm³/mol. The van der Waals surface area contributed by atoms with E-state index in [1.54, 1.807) is 36.5 Å². The van der Waals surface area contributed by atoms with Crippen molar-refractivity contribution in [3.63, 3.8) is 0 Å². The van der Waals surface area contributed by atoms with Gasteiger partial charge in [-0.1, -0.05) is 35.3 Å². The standard InChI is InChI=1S/C27H29Cl2N3O3/c1-18(2)34-27(33)25-8-5-10-30-26(25)31(3)22-9-11-32(17-22)16-19-6-4-7-23(12-19)35-24-14-20(28)13-21(29)15-24/h4-8,10,12-15,18,22H,9,11,16-17H2,1-3H3/t22-/m1/s1. The fourth-order valence-corrected chi connectivity index (χ4v) is 4.75. The molecule has 1 aromatic heterocycles. The van der Waals surface area contributed by atoms with Gasteiger partial charge >= 0.3 is 5.97 Å². The molecule has 35 heavy (non-hydrogen) atoms. The van der Waals surface area contributed by atoms with Crippen LogP contribution in [-0.2, 0) is 11.3 Å². The molecule has 8 heteroatoms. The Kier molecular flexibility index (Phi) is 8.16. The number of carbonyl (C=O) groups excluding carboxylic acids is 1. The van der Waals surface area contributed by atoms with Crippen LogP contribution in [0.15, 0.2) is 60.8 Å². The van der Waals surface area contributed by atoms with Gasteiger partial charge in [-0.3, -0.25) is 4.90 Å². The number of anilines is 1. The highest BCUT2D eigenvalue weighted by Crippen LogP contribution is 2.30. The number of aromatic nitrogens is 1. The second-order valence-corrected chi connectivity index (χ2v) is 9.84. The smallest absolute Gasteiger partial charge is 0.342 e. The molecular formula is C27H29Cl2N3O3. The van der Waals surface area contributed by atoms with E-state index >= 15 is 0 Å². The van der Waals surface area contributed by atoms with Gasteiger partial charge in [0.15, 0.2) is 0 Å². The van der Waals surface area contributed by atoms with E-state index in [0.29, 0.717) is 27.2 Å². The van der Waals surface area contributed by atoms with E-state index in [4.69, 9.17) is 32.7 Å². The maximum Gasteiger partial charge on any atom is 0.342 e. The van der Waals surface area contributed by atoms with E-state index in [1.807, 2.05) is 39.1 Å². The molecule has 4 rings (SSSR count). The Morgan fingerprint density at radius 2 is 1.89 bits per heavy atom. The van der Waals surface area contributed by atoms with Gasteiger partial charge in [0.25, 0.3) is 0 Å². The summed E-state index contributed by atoms with van der Waals surface area (Å²) in [4.78, 5) is 21.6. The number of rotatable bonds is 8. The number of benzene rings is 2. The zero-order valence-electron chi connectivity index (χ0n) is 20.1. The van der Waals surface area contributed by atoms with E-state index in [1.165, 1.54) is 0 Å². The van der Waals surface area contributed by atoms with Crippen molar-refractivity contribution >= 4 is 35.0 Å². The molecule has 2 heterocycles. The van der Waals surface area contributed by atoms with Gasteiger partial charge in [0.05, 0.1) is 6.10 Å². The lowest BCUT2D eigenvalue weighted by Gasteiger charge is -2.27. The van der Waals surface area contributed by atoms with Gasteiger partial charge in [0.2, 0.25) is 0 Å². The van der Waals surface area contributed by atoms with E-state index in [0.717, 1.165) is 37.4 Å². The molecule has 0 spiro atoms. The normalized spacial score (nSPS) is 15.9. The number of carbonyl (C=O) groups is 1. The van der Waals surface area contributed by atoms with Gasteiger partial charge in [-0.05, 0) is 68.3 Å². The number of nitrogens with zero attached hydrogens (tertiary/aromatic N) is 3. The number of pyridine rings is 1. The third-order valence-electron chi connectivity index (χ3n) is 5.86. The molecular weight excluding hydrogens is 485 g/mol. The summed E-state index contributed by atoms with van der Waals surface area (Å²) in [6.07, 6.45) is 2.50. The summed E-state index contributed by atoms with van der Waals surface area (Å²) in [5, 5.41) is 1.06. The van der Waals surface area contributed by atoms with Crippen LogP contribution in [0, 0.1) is 0 Å². The molecule has 0 bridgehead atoms. The average Bonchev–Trinajstić information content (AvgIpc) is 3.26. The van der Waals surface area contributed by atoms with Crippen molar-refractivity contribution in [2.75, 3.05) is 25.0 Å². The van der Waals surface area contributed by atoms with Gasteiger partial charge in [-0.2, -0.15) is 0 Å². The van der Waals surface area contributed by atoms with Crippen molar-refractivity contribution in [1.29, 1.82) is 0 Å². The van der Waals surface area contributed by atoms with Gasteiger partial charge in [-0.15, -0.1) is 0 Å². The summed E-state index contributed by atoms with van der Waals surface area (Å²) in [7, 11) is 1.99. The summed E-state index contributed by atoms with van der Waals surface area (Å²) in [5.74, 6) is 1.64. The molecule has 0 saturated carbocycles.